The number of benzene rings is 1. The Morgan fingerprint density at radius 3 is 1.85 bits per heavy atom. The summed E-state index contributed by atoms with van der Waals surface area (Å²) in [5, 5.41) is 2.79. The lowest BCUT2D eigenvalue weighted by Crippen LogP contribution is -2.70. The number of hydrogen-bond donors (Lipinski definition) is 1. The van der Waals surface area contributed by atoms with Crippen LogP contribution < -0.4 is 14.8 Å². The monoisotopic (exact) mass is 912 g/mol. The molecule has 8 saturated heterocycles. The van der Waals surface area contributed by atoms with Crippen molar-refractivity contribution >= 4 is 17.8 Å². The number of nitrogens with zero attached hydrogens (tertiary/aromatic N) is 1. The standard InChI is InChI=1S/C49H72N2O14/c1-27-15-17-34-29(3)37(58-44-48(34)32(27)21-23-46(5,60-44)62-64-48)14-11-25-51(43(54)31-12-10-13-39(55-7)41(31)57-9)36(42(53)50-26-40(52)56-8)19-20-38-30(4)35-18-16-28(2)33-22-24-47(6)61-45(59-38)49(33,35)65-63-47/h10,12-13,27-30,32-38,44-45H,11,14-26H2,1-9H3,(H,50,53)/t27-,28-,29-,30-,32?,33?,34?,35?,36?,37-,38-,44-,45-,46+,47+,48-,49-/m1/s1. The third kappa shape index (κ3) is 7.96. The highest BCUT2D eigenvalue weighted by molar-refractivity contribution is 6.00. The van der Waals surface area contributed by atoms with E-state index in [1.165, 1.54) is 21.3 Å². The summed E-state index contributed by atoms with van der Waals surface area (Å²) in [7, 11) is 4.28. The molecule has 0 aromatic heterocycles. The van der Waals surface area contributed by atoms with Crippen LogP contribution in [0.4, 0.5) is 0 Å². The summed E-state index contributed by atoms with van der Waals surface area (Å²) in [5.74, 6) is -1.01. The Labute approximate surface area is 383 Å². The molecule has 0 radical (unpaired) electrons. The average Bonchev–Trinajstić information content (AvgIpc) is 3.68. The van der Waals surface area contributed by atoms with Gasteiger partial charge < -0.3 is 43.4 Å². The van der Waals surface area contributed by atoms with E-state index in [4.69, 9.17) is 52.7 Å². The number of rotatable bonds is 14. The molecule has 11 rings (SSSR count). The average molecular weight is 913 g/mol. The quantitative estimate of drug-likeness (QED) is 0.152. The van der Waals surface area contributed by atoms with Crippen LogP contribution in [0.3, 0.4) is 0 Å². The Bertz CT molecular complexity index is 1940. The lowest BCUT2D eigenvalue weighted by molar-refractivity contribution is -0.571. The number of methoxy groups -OCH3 is 3. The van der Waals surface area contributed by atoms with E-state index in [0.717, 1.165) is 44.9 Å². The van der Waals surface area contributed by atoms with Crippen molar-refractivity contribution in [2.75, 3.05) is 34.4 Å². The Hall–Kier alpha value is -3.09. The van der Waals surface area contributed by atoms with Crippen LogP contribution in [0.25, 0.3) is 0 Å². The number of carbonyl (C=O) groups excluding carboxylic acids is 3. The first-order valence-corrected chi connectivity index (χ1v) is 24.4. The largest absolute Gasteiger partial charge is 0.493 e. The van der Waals surface area contributed by atoms with Crippen LogP contribution in [0.5, 0.6) is 11.5 Å². The zero-order valence-electron chi connectivity index (χ0n) is 39.8. The van der Waals surface area contributed by atoms with E-state index < -0.39 is 59.2 Å². The van der Waals surface area contributed by atoms with E-state index in [2.05, 4.69) is 33.0 Å². The Morgan fingerprint density at radius 2 is 1.31 bits per heavy atom. The summed E-state index contributed by atoms with van der Waals surface area (Å²) in [4.78, 5) is 68.8. The summed E-state index contributed by atoms with van der Waals surface area (Å²) < 4.78 is 43.5. The van der Waals surface area contributed by atoms with Crippen molar-refractivity contribution in [1.29, 1.82) is 0 Å². The summed E-state index contributed by atoms with van der Waals surface area (Å²) >= 11 is 0. The number of amides is 2. The minimum absolute atomic E-state index is 0.0195. The maximum Gasteiger partial charge on any atom is 0.325 e. The van der Waals surface area contributed by atoms with Crippen LogP contribution in [0, 0.1) is 47.3 Å². The maximum absolute atomic E-state index is 15.2. The van der Waals surface area contributed by atoms with Crippen molar-refractivity contribution in [1.82, 2.24) is 10.2 Å². The van der Waals surface area contributed by atoms with Crippen molar-refractivity contribution < 1.29 is 67.1 Å². The lowest BCUT2D eigenvalue weighted by Gasteiger charge is -2.60. The fraction of sp³-hybridized carbons (Fsp3) is 0.816. The summed E-state index contributed by atoms with van der Waals surface area (Å²) in [6.07, 6.45) is 7.28. The van der Waals surface area contributed by atoms with Gasteiger partial charge in [0.1, 0.15) is 12.6 Å². The van der Waals surface area contributed by atoms with Crippen molar-refractivity contribution in [2.45, 2.75) is 172 Å². The van der Waals surface area contributed by atoms with E-state index in [1.54, 1.807) is 23.1 Å². The van der Waals surface area contributed by atoms with Crippen LogP contribution in [-0.2, 0) is 52.8 Å². The van der Waals surface area contributed by atoms with Gasteiger partial charge in [0.15, 0.2) is 35.3 Å². The summed E-state index contributed by atoms with van der Waals surface area (Å²) in [6.45, 7) is 12.7. The molecule has 10 aliphatic rings. The second kappa shape index (κ2) is 18.1. The second-order valence-electron chi connectivity index (χ2n) is 21.0. The van der Waals surface area contributed by atoms with Gasteiger partial charge in [-0.25, -0.2) is 19.6 Å². The van der Waals surface area contributed by atoms with Gasteiger partial charge >= 0.3 is 5.97 Å². The lowest BCUT2D eigenvalue weighted by atomic mass is 9.57. The minimum atomic E-state index is -1.02. The van der Waals surface area contributed by atoms with Gasteiger partial charge in [0.2, 0.25) is 17.5 Å². The predicted molar refractivity (Wildman–Crippen MR) is 232 cm³/mol. The fourth-order valence-electron chi connectivity index (χ4n) is 13.8. The number of carbonyl (C=O) groups is 3. The van der Waals surface area contributed by atoms with Crippen LogP contribution >= 0.6 is 0 Å². The second-order valence-corrected chi connectivity index (χ2v) is 21.0. The van der Waals surface area contributed by atoms with Gasteiger partial charge in [-0.1, -0.05) is 33.8 Å². The van der Waals surface area contributed by atoms with E-state index >= 15 is 4.79 Å². The third-order valence-corrected chi connectivity index (χ3v) is 17.4. The molecule has 8 aliphatic heterocycles. The van der Waals surface area contributed by atoms with Gasteiger partial charge in [0, 0.05) is 31.2 Å². The van der Waals surface area contributed by atoms with Gasteiger partial charge in [-0.2, -0.15) is 0 Å². The third-order valence-electron chi connectivity index (χ3n) is 17.4. The predicted octanol–water partition coefficient (Wildman–Crippen LogP) is 6.87. The minimum Gasteiger partial charge on any atom is -0.493 e. The number of para-hydroxylation sites is 1. The highest BCUT2D eigenvalue weighted by Crippen LogP contribution is 2.62. The number of ether oxygens (including phenoxy) is 7. The van der Waals surface area contributed by atoms with Gasteiger partial charge in [0.05, 0.1) is 39.1 Å². The molecule has 1 aromatic carbocycles. The number of hydrogen-bond acceptors (Lipinski definition) is 14. The fourth-order valence-corrected chi connectivity index (χ4v) is 13.8. The Kier molecular flexibility index (Phi) is 13.1. The van der Waals surface area contributed by atoms with E-state index in [9.17, 15) is 9.59 Å². The topological polar surface area (TPSA) is 168 Å². The molecule has 2 aliphatic carbocycles. The molecule has 5 unspecified atom stereocenters. The van der Waals surface area contributed by atoms with Gasteiger partial charge in [-0.15, -0.1) is 0 Å². The molecule has 2 amide bonds. The molecule has 16 heteroatoms. The molecule has 1 N–H and O–H groups in total. The zero-order chi connectivity index (χ0) is 46.1. The molecular formula is C49H72N2O14. The molecule has 65 heavy (non-hydrogen) atoms. The van der Waals surface area contributed by atoms with Gasteiger partial charge in [-0.05, 0) is 126 Å². The maximum atomic E-state index is 15.2. The first kappa shape index (κ1) is 47.0. The van der Waals surface area contributed by atoms with E-state index in [0.29, 0.717) is 43.3 Å². The van der Waals surface area contributed by atoms with Crippen LogP contribution in [0.1, 0.15) is 129 Å². The molecule has 8 heterocycles. The van der Waals surface area contributed by atoms with Crippen LogP contribution in [0.15, 0.2) is 18.2 Å². The molecule has 1 aromatic rings. The van der Waals surface area contributed by atoms with E-state index in [1.807, 2.05) is 13.8 Å². The van der Waals surface area contributed by atoms with Crippen molar-refractivity contribution in [3.63, 3.8) is 0 Å². The normalized spacial score (nSPS) is 42.9. The highest BCUT2D eigenvalue weighted by Gasteiger charge is 2.71. The molecule has 2 spiro atoms. The molecular weight excluding hydrogens is 841 g/mol. The number of fused-ring (bicyclic) bond motifs is 4. The molecule has 10 fully saturated rings. The number of nitrogens with one attached hydrogen (secondary N) is 1. The Balaban J connectivity index is 1.00. The molecule has 4 bridgehead atoms. The zero-order valence-corrected chi connectivity index (χ0v) is 39.8. The van der Waals surface area contributed by atoms with Gasteiger partial charge in [0.25, 0.3) is 5.91 Å². The first-order valence-electron chi connectivity index (χ1n) is 24.4. The SMILES string of the molecule is COC(=O)CNC(=O)C(CC[C@H]1O[C@@H]2O[C@]3(C)CCC4[C@H](C)CCC([C@H]1C)[C@]42OO3)N(CCC[C@H]1O[C@@H]2O[C@]3(C)CCC4[C@H](C)CCC([C@H]1C)[C@]42OO3)C(=O)c1cccc(OC)c1OC. The Morgan fingerprint density at radius 1 is 0.738 bits per heavy atom. The van der Waals surface area contributed by atoms with Crippen molar-refractivity contribution in [2.24, 2.45) is 47.3 Å². The molecule has 17 atom stereocenters. The molecule has 16 nitrogen and oxygen atoms in total. The summed E-state index contributed by atoms with van der Waals surface area (Å²) in [6, 6.07) is 4.12. The highest BCUT2D eigenvalue weighted by atomic mass is 17.3. The van der Waals surface area contributed by atoms with Gasteiger partial charge in [-0.3, -0.25) is 14.4 Å². The van der Waals surface area contributed by atoms with E-state index in [-0.39, 0.29) is 78.5 Å². The smallest absolute Gasteiger partial charge is 0.325 e. The van der Waals surface area contributed by atoms with Crippen LogP contribution in [-0.4, -0.2) is 111 Å². The van der Waals surface area contributed by atoms with Crippen LogP contribution in [0.2, 0.25) is 0 Å². The molecule has 362 valence electrons. The summed E-state index contributed by atoms with van der Waals surface area (Å²) in [5.41, 5.74) is -1.18. The first-order chi connectivity index (χ1) is 31.1. The number of esters is 1. The molecule has 2 saturated carbocycles. The van der Waals surface area contributed by atoms with Crippen molar-refractivity contribution in [3.8, 4) is 11.5 Å². The van der Waals surface area contributed by atoms with Crippen molar-refractivity contribution in [3.05, 3.63) is 23.8 Å².